The molecule has 0 spiro atoms. The van der Waals surface area contributed by atoms with Crippen molar-refractivity contribution in [2.24, 2.45) is 58.2 Å². The number of aliphatic hydroxyl groups is 5. The van der Waals surface area contributed by atoms with Crippen molar-refractivity contribution in [2.45, 2.75) is 143 Å². The number of ether oxygens (including phenoxy) is 2. The van der Waals surface area contributed by atoms with Crippen LogP contribution in [0.5, 0.6) is 11.5 Å². The number of hydrogen-bond acceptors (Lipinski definition) is 15. The Bertz CT molecular complexity index is 3110. The van der Waals surface area contributed by atoms with Gasteiger partial charge < -0.3 is 66.5 Å². The molecule has 4 aromatic carbocycles. The molecule has 2 amide bonds. The Morgan fingerprint density at radius 1 is 0.640 bits per heavy atom. The van der Waals surface area contributed by atoms with E-state index in [1.54, 1.807) is 52.3 Å². The van der Waals surface area contributed by atoms with E-state index in [1.807, 2.05) is 71.3 Å². The van der Waals surface area contributed by atoms with Crippen LogP contribution in [0.4, 0.5) is 11.4 Å². The number of carboxylic acid groups (broad SMARTS) is 2. The maximum absolute atomic E-state index is 14.0. The van der Waals surface area contributed by atoms with E-state index in [9.17, 15) is 49.8 Å². The van der Waals surface area contributed by atoms with Gasteiger partial charge in [0.25, 0.3) is 0 Å². The van der Waals surface area contributed by atoms with Crippen LogP contribution in [0.15, 0.2) is 72.8 Å². The van der Waals surface area contributed by atoms with E-state index >= 15 is 0 Å². The van der Waals surface area contributed by atoms with Gasteiger partial charge in [-0.15, -0.1) is 0 Å². The molecular formula is C67H94N6O13. The van der Waals surface area contributed by atoms with E-state index in [2.05, 4.69) is 52.2 Å². The summed E-state index contributed by atoms with van der Waals surface area (Å²) in [5.74, 6) is 0.479. The summed E-state index contributed by atoms with van der Waals surface area (Å²) in [6, 6.07) is 19.8. The molecule has 0 aromatic heterocycles. The Morgan fingerprint density at radius 3 is 1.38 bits per heavy atom. The minimum Gasteiger partial charge on any atom is -0.496 e. The first kappa shape index (κ1) is 65.7. The highest BCUT2D eigenvalue weighted by atomic mass is 16.5. The Morgan fingerprint density at radius 2 is 1.03 bits per heavy atom. The van der Waals surface area contributed by atoms with Crippen LogP contribution in [0.3, 0.4) is 0 Å². The normalized spacial score (nSPS) is 30.1. The lowest BCUT2D eigenvalue weighted by molar-refractivity contribution is -0.140. The van der Waals surface area contributed by atoms with Crippen LogP contribution in [-0.2, 0) is 22.7 Å². The SMILES string of the molecule is CO.COc1c(CN2C[C@H](O)[C@@H]([C@H](C)O)[C@H]2C(=O)N[C@H]2C[C@H]3C[C@@H]([C@@H]2C)C3(C)C)cccc1-c1cc(C(=O)O)cc(N(C)C)c1.COc1c(CN2C[C@H](O)[C@@H]([C@H](C)O)[C@H]2C(=O)N[C@H]2C[C@H]3C[C@@H]([C@@H]2C)C3(C)C)cccc1-c1cc(N)cc(C(=O)O)c1. The Labute approximate surface area is 506 Å². The summed E-state index contributed by atoms with van der Waals surface area (Å²) in [6.45, 7) is 18.1. The molecule has 470 valence electrons. The predicted octanol–water partition coefficient (Wildman–Crippen LogP) is 6.84. The first-order chi connectivity index (χ1) is 40.6. The Balaban J connectivity index is 0.000000218. The summed E-state index contributed by atoms with van der Waals surface area (Å²) >= 11 is 0. The number of likely N-dealkylation sites (tertiary alicyclic amines) is 2. The minimum absolute atomic E-state index is 0.0679. The summed E-state index contributed by atoms with van der Waals surface area (Å²) in [4.78, 5) is 57.2. The van der Waals surface area contributed by atoms with Gasteiger partial charge in [-0.2, -0.15) is 0 Å². The number of nitrogen functional groups attached to an aromatic ring is 1. The number of anilines is 2. The molecule has 12 rings (SSSR count). The predicted molar refractivity (Wildman–Crippen MR) is 331 cm³/mol. The van der Waals surface area contributed by atoms with E-state index in [-0.39, 0.29) is 48.1 Å². The van der Waals surface area contributed by atoms with Crippen molar-refractivity contribution >= 4 is 35.1 Å². The summed E-state index contributed by atoms with van der Waals surface area (Å²) in [6.07, 6.45) is 0.832. The molecule has 86 heavy (non-hydrogen) atoms. The second-order valence-corrected chi connectivity index (χ2v) is 26.8. The highest BCUT2D eigenvalue weighted by Crippen LogP contribution is 2.62. The average molecular weight is 1190 g/mol. The molecule has 2 heterocycles. The summed E-state index contributed by atoms with van der Waals surface area (Å²) in [5.41, 5.74) is 12.2. The van der Waals surface area contributed by atoms with Crippen molar-refractivity contribution in [3.8, 4) is 33.8 Å². The third-order valence-electron chi connectivity index (χ3n) is 21.1. The number of fused-ring (bicyclic) bond motifs is 4. The lowest BCUT2D eigenvalue weighted by atomic mass is 9.45. The molecule has 4 bridgehead atoms. The standard InChI is InChI=1S/C34H47N3O6.C32H43N3O6.CH4O/c1-18-26-14-23(34(26,3)4)15-27(18)35-32(40)30-29(19(2)38)28(39)17-37(30)16-20-9-8-10-25(31(20)43-7)21-11-22(33(41)42)13-24(12-21)36(5)6;1-16-24-12-21(32(24,3)4)13-25(16)34-30(38)28-27(17(2)36)26(37)15-35(28)14-18-7-6-8-23(29(18)41-5)19-9-20(31(39)40)11-22(33)10-19;1-2/h8-13,18-19,23,26-30,38-39H,14-17H2,1-7H3,(H,35,40)(H,41,42);6-11,16-17,21,24-28,36-37H,12-15,33H2,1-5H3,(H,34,38)(H,39,40);2H,1H3/t18-,19-,23+,26-,27-,28-,29+,30-;16-,17-,21+,24-,25-,26-,27+,28-;/m00./s1. The first-order valence-electron chi connectivity index (χ1n) is 30.4. The van der Waals surface area contributed by atoms with Gasteiger partial charge in [0.05, 0.1) is 61.8 Å². The molecule has 2 aliphatic heterocycles. The maximum atomic E-state index is 14.0. The highest BCUT2D eigenvalue weighted by Gasteiger charge is 2.59. The molecule has 11 N–H and O–H groups in total. The number of benzene rings is 4. The maximum Gasteiger partial charge on any atom is 0.335 e. The fraction of sp³-hybridized carbons (Fsp3) is 0.582. The quantitative estimate of drug-likeness (QED) is 0.0485. The largest absolute Gasteiger partial charge is 0.496 e. The van der Waals surface area contributed by atoms with E-state index in [1.165, 1.54) is 18.9 Å². The number of methoxy groups -OCH3 is 2. The minimum atomic E-state index is -1.08. The zero-order chi connectivity index (χ0) is 63.2. The molecule has 16 atom stereocenters. The van der Waals surface area contributed by atoms with E-state index in [0.717, 1.165) is 42.3 Å². The van der Waals surface area contributed by atoms with Crippen molar-refractivity contribution < 1.29 is 64.4 Å². The third-order valence-corrected chi connectivity index (χ3v) is 21.1. The van der Waals surface area contributed by atoms with Crippen molar-refractivity contribution in [3.05, 3.63) is 95.1 Å². The van der Waals surface area contributed by atoms with Gasteiger partial charge in [-0.05, 0) is 133 Å². The number of nitrogens with zero attached hydrogens (tertiary/aromatic N) is 3. The Hall–Kier alpha value is -6.32. The second kappa shape index (κ2) is 26.2. The topological polar surface area (TPSA) is 288 Å². The zero-order valence-corrected chi connectivity index (χ0v) is 52.3. The molecule has 2 saturated heterocycles. The van der Waals surface area contributed by atoms with Crippen molar-refractivity contribution in [1.29, 1.82) is 0 Å². The van der Waals surface area contributed by atoms with Crippen molar-refractivity contribution in [3.63, 3.8) is 0 Å². The molecule has 8 fully saturated rings. The van der Waals surface area contributed by atoms with Gasteiger partial charge in [-0.1, -0.05) is 77.9 Å². The van der Waals surface area contributed by atoms with Crippen molar-refractivity contribution in [1.82, 2.24) is 20.4 Å². The van der Waals surface area contributed by atoms with E-state index in [4.69, 9.17) is 20.3 Å². The second-order valence-electron chi connectivity index (χ2n) is 26.8. The monoisotopic (exact) mass is 1190 g/mol. The lowest BCUT2D eigenvalue weighted by Gasteiger charge is -2.62. The van der Waals surface area contributed by atoms with Crippen molar-refractivity contribution in [2.75, 3.05) is 59.1 Å². The number of aromatic carboxylic acids is 2. The number of para-hydroxylation sites is 2. The molecular weight excluding hydrogens is 1100 g/mol. The van der Waals surface area contributed by atoms with Gasteiger partial charge >= 0.3 is 11.9 Å². The number of aliphatic hydroxyl groups excluding tert-OH is 5. The van der Waals surface area contributed by atoms with Gasteiger partial charge in [0.15, 0.2) is 0 Å². The van der Waals surface area contributed by atoms with Gasteiger partial charge in [0.1, 0.15) is 11.5 Å². The molecule has 8 aliphatic rings. The number of carbonyl (C=O) groups is 4. The van der Waals surface area contributed by atoms with Crippen LogP contribution >= 0.6 is 0 Å². The van der Waals surface area contributed by atoms with Crippen LogP contribution in [-0.4, -0.2) is 166 Å². The smallest absolute Gasteiger partial charge is 0.335 e. The molecule has 6 aliphatic carbocycles. The van der Waals surface area contributed by atoms with Gasteiger partial charge in [0.2, 0.25) is 11.8 Å². The number of nitrogens with two attached hydrogens (primary N) is 1. The van der Waals surface area contributed by atoms with Crippen LogP contribution in [0.2, 0.25) is 0 Å². The summed E-state index contributed by atoms with van der Waals surface area (Å²) < 4.78 is 11.7. The number of amides is 2. The fourth-order valence-electron chi connectivity index (χ4n) is 16.1. The highest BCUT2D eigenvalue weighted by molar-refractivity contribution is 5.93. The number of nitrogens with one attached hydrogen (secondary N) is 2. The number of carbonyl (C=O) groups excluding carboxylic acids is 2. The fourth-order valence-corrected chi connectivity index (χ4v) is 16.1. The van der Waals surface area contributed by atoms with Crippen LogP contribution in [0.1, 0.15) is 113 Å². The van der Waals surface area contributed by atoms with Gasteiger partial charge in [0, 0.05) is 105 Å². The molecule has 19 nitrogen and oxygen atoms in total. The first-order valence-corrected chi connectivity index (χ1v) is 30.4. The number of carboxylic acids is 2. The van der Waals surface area contributed by atoms with Gasteiger partial charge in [-0.25, -0.2) is 9.59 Å². The number of rotatable bonds is 17. The average Bonchev–Trinajstić information content (AvgIpc) is 1.01. The van der Waals surface area contributed by atoms with E-state index in [0.29, 0.717) is 93.3 Å². The molecule has 0 unspecified atom stereocenters. The molecule has 0 radical (unpaired) electrons. The summed E-state index contributed by atoms with van der Waals surface area (Å²) in [7, 11) is 7.85. The summed E-state index contributed by atoms with van der Waals surface area (Å²) in [5, 5.41) is 76.3. The molecule has 19 heteroatoms. The number of β-amino-alcohol motifs (C(OH)–C–C–N with tert-alkyl or cyclic N) is 2. The lowest BCUT2D eigenvalue weighted by Crippen LogP contribution is -2.62. The Kier molecular flexibility index (Phi) is 20.0. The third kappa shape index (κ3) is 12.7. The zero-order valence-electron chi connectivity index (χ0n) is 52.3. The van der Waals surface area contributed by atoms with E-state index < -0.39 is 60.3 Å². The van der Waals surface area contributed by atoms with Crippen LogP contribution in [0, 0.1) is 58.2 Å². The molecule has 6 saturated carbocycles. The van der Waals surface area contributed by atoms with Gasteiger partial charge in [-0.3, -0.25) is 19.4 Å². The van der Waals surface area contributed by atoms with Crippen LogP contribution in [0.25, 0.3) is 22.3 Å². The number of hydrogen-bond donors (Lipinski definition) is 10. The molecule has 4 aromatic rings. The van der Waals surface area contributed by atoms with Crippen LogP contribution < -0.4 is 30.7 Å².